The molecular weight excluding hydrogens is 585 g/mol. The van der Waals surface area contributed by atoms with Gasteiger partial charge in [0.1, 0.15) is 5.60 Å². The number of rotatable bonds is 4. The van der Waals surface area contributed by atoms with Crippen LogP contribution in [0.15, 0.2) is 40.5 Å². The van der Waals surface area contributed by atoms with E-state index >= 15 is 8.78 Å². The van der Waals surface area contributed by atoms with Crippen molar-refractivity contribution in [3.05, 3.63) is 57.0 Å². The number of ether oxygens (including phenoxy) is 2. The Balaban J connectivity index is 1.45. The average Bonchev–Trinajstić information content (AvgIpc) is 3.24. The first kappa shape index (κ1) is 31.7. The minimum atomic E-state index is -5.91. The smallest absolute Gasteiger partial charge is 0.385 e. The molecule has 242 valence electrons. The van der Waals surface area contributed by atoms with Crippen molar-refractivity contribution < 1.29 is 41.6 Å². The highest BCUT2D eigenvalue weighted by atomic mass is 19.4. The van der Waals surface area contributed by atoms with Crippen LogP contribution >= 0.6 is 0 Å². The van der Waals surface area contributed by atoms with E-state index in [2.05, 4.69) is 10.0 Å². The monoisotopic (exact) mass is 625 g/mol. The summed E-state index contributed by atoms with van der Waals surface area (Å²) in [5, 5.41) is 27.3. The van der Waals surface area contributed by atoms with E-state index in [0.29, 0.717) is 44.5 Å². The Kier molecular flexibility index (Phi) is 7.30. The number of hydrogen-bond donors (Lipinski definition) is 2. The molecule has 1 aromatic carbocycles. The highest BCUT2D eigenvalue weighted by Crippen LogP contribution is 2.71. The standard InChI is InChI=1S/C32H40F5N3O4/c1-26(2)17-43-29(44-18-26)12-9-24-25-21(8-11-28(24,41)16-29)23-10-13-30(42,31(33,34)32(35,36)37)27(23,3)14-22(25)20-6-4-19(5-7-20)15-39-40-38/h4-7,21-23,41-42H,8-18H2,1-3H3/t21-,22+,23-,27-,28+,30-/m0/s1. The molecule has 1 aliphatic heterocycles. The number of fused-ring (bicyclic) bond motifs is 4. The first-order chi connectivity index (χ1) is 20.4. The van der Waals surface area contributed by atoms with Crippen molar-refractivity contribution in [2.24, 2.45) is 27.8 Å². The SMILES string of the molecule is CC1(C)COC2(CCC3=C4[C@@H](CC[C@@]3(O)C2)[C@@H]2CC[C@@](O)(C(F)(F)C(F)(F)F)[C@@]2(C)C[C@@H]4c2ccc(CN=[N+]=[N-])cc2)OC1. The van der Waals surface area contributed by atoms with Gasteiger partial charge in [-0.1, -0.05) is 55.7 Å². The van der Waals surface area contributed by atoms with E-state index in [0.717, 1.165) is 16.7 Å². The van der Waals surface area contributed by atoms with E-state index < -0.39 is 52.8 Å². The number of alkyl halides is 5. The fraction of sp³-hybridized carbons (Fsp3) is 0.750. The van der Waals surface area contributed by atoms with Crippen LogP contribution in [0.2, 0.25) is 0 Å². The van der Waals surface area contributed by atoms with Crippen molar-refractivity contribution in [2.75, 3.05) is 13.2 Å². The maximum absolute atomic E-state index is 15.3. The molecule has 4 fully saturated rings. The van der Waals surface area contributed by atoms with Crippen molar-refractivity contribution in [1.82, 2.24) is 0 Å². The van der Waals surface area contributed by atoms with E-state index in [1.807, 2.05) is 13.8 Å². The van der Waals surface area contributed by atoms with Crippen LogP contribution in [-0.4, -0.2) is 52.5 Å². The fourth-order valence-electron chi connectivity index (χ4n) is 9.28. The molecule has 1 heterocycles. The lowest BCUT2D eigenvalue weighted by atomic mass is 9.49. The Hall–Kier alpha value is -2.24. The summed E-state index contributed by atoms with van der Waals surface area (Å²) >= 11 is 0. The van der Waals surface area contributed by atoms with Crippen LogP contribution in [0, 0.1) is 22.7 Å². The third kappa shape index (κ3) is 4.62. The number of benzene rings is 1. The van der Waals surface area contributed by atoms with Crippen LogP contribution in [0.1, 0.15) is 89.2 Å². The second kappa shape index (κ2) is 10.1. The van der Waals surface area contributed by atoms with Crippen LogP contribution in [0.25, 0.3) is 10.4 Å². The molecule has 1 aromatic rings. The molecule has 1 saturated heterocycles. The van der Waals surface area contributed by atoms with E-state index in [1.165, 1.54) is 6.92 Å². The van der Waals surface area contributed by atoms with Crippen molar-refractivity contribution in [3.63, 3.8) is 0 Å². The maximum Gasteiger partial charge on any atom is 0.456 e. The van der Waals surface area contributed by atoms with Gasteiger partial charge in [-0.3, -0.25) is 0 Å². The number of azide groups is 1. The van der Waals surface area contributed by atoms with Gasteiger partial charge in [0.15, 0.2) is 5.79 Å². The number of allylic oxidation sites excluding steroid dienone is 1. The summed E-state index contributed by atoms with van der Waals surface area (Å²) in [6.45, 7) is 6.56. The van der Waals surface area contributed by atoms with E-state index in [1.54, 1.807) is 24.3 Å². The molecule has 6 rings (SSSR count). The fourth-order valence-corrected chi connectivity index (χ4v) is 9.28. The van der Waals surface area contributed by atoms with Gasteiger partial charge >= 0.3 is 12.1 Å². The molecule has 6 atom stereocenters. The molecule has 1 spiro atoms. The molecule has 4 aliphatic carbocycles. The van der Waals surface area contributed by atoms with Gasteiger partial charge in [0.05, 0.1) is 25.4 Å². The summed E-state index contributed by atoms with van der Waals surface area (Å²) in [5.74, 6) is -7.84. The van der Waals surface area contributed by atoms with Crippen molar-refractivity contribution >= 4 is 0 Å². The summed E-state index contributed by atoms with van der Waals surface area (Å²) in [6, 6.07) is 7.06. The molecule has 0 amide bonds. The summed E-state index contributed by atoms with van der Waals surface area (Å²) < 4.78 is 84.5. The Morgan fingerprint density at radius 3 is 2.25 bits per heavy atom. The minimum Gasteiger partial charge on any atom is -0.385 e. The molecule has 0 radical (unpaired) electrons. The van der Waals surface area contributed by atoms with Gasteiger partial charge in [-0.25, -0.2) is 0 Å². The number of halogens is 5. The Bertz CT molecular complexity index is 1380. The second-order valence-corrected chi connectivity index (χ2v) is 14.8. The number of aliphatic hydroxyl groups is 2. The molecule has 0 unspecified atom stereocenters. The minimum absolute atomic E-state index is 0.0294. The average molecular weight is 626 g/mol. The first-order valence-corrected chi connectivity index (χ1v) is 15.4. The van der Waals surface area contributed by atoms with Crippen LogP contribution < -0.4 is 0 Å². The van der Waals surface area contributed by atoms with E-state index in [9.17, 15) is 23.4 Å². The lowest BCUT2D eigenvalue weighted by Crippen LogP contribution is -2.65. The zero-order valence-electron chi connectivity index (χ0n) is 25.3. The van der Waals surface area contributed by atoms with Gasteiger partial charge < -0.3 is 19.7 Å². The van der Waals surface area contributed by atoms with Crippen molar-refractivity contribution in [2.45, 2.75) is 114 Å². The van der Waals surface area contributed by atoms with Gasteiger partial charge in [-0.2, -0.15) is 22.0 Å². The molecule has 0 aromatic heterocycles. The predicted octanol–water partition coefficient (Wildman–Crippen LogP) is 7.72. The molecular formula is C32H40F5N3O4. The van der Waals surface area contributed by atoms with E-state index in [4.69, 9.17) is 15.0 Å². The summed E-state index contributed by atoms with van der Waals surface area (Å²) in [5.41, 5.74) is 5.36. The van der Waals surface area contributed by atoms with Crippen LogP contribution in [0.3, 0.4) is 0 Å². The van der Waals surface area contributed by atoms with Gasteiger partial charge in [0.2, 0.25) is 0 Å². The van der Waals surface area contributed by atoms with E-state index in [-0.39, 0.29) is 37.1 Å². The lowest BCUT2D eigenvalue weighted by Gasteiger charge is -2.59. The Labute approximate surface area is 253 Å². The third-order valence-electron chi connectivity index (χ3n) is 11.6. The maximum atomic E-state index is 15.3. The Morgan fingerprint density at radius 1 is 0.977 bits per heavy atom. The van der Waals surface area contributed by atoms with Gasteiger partial charge in [0, 0.05) is 34.5 Å². The molecule has 0 bridgehead atoms. The quantitative estimate of drug-likeness (QED) is 0.117. The Morgan fingerprint density at radius 2 is 1.64 bits per heavy atom. The van der Waals surface area contributed by atoms with Crippen LogP contribution in [0.5, 0.6) is 0 Å². The van der Waals surface area contributed by atoms with Crippen molar-refractivity contribution in [3.8, 4) is 0 Å². The summed E-state index contributed by atoms with van der Waals surface area (Å²) in [7, 11) is 0. The van der Waals surface area contributed by atoms with Gasteiger partial charge in [-0.15, -0.1) is 0 Å². The third-order valence-corrected chi connectivity index (χ3v) is 11.6. The molecule has 12 heteroatoms. The molecule has 2 N–H and O–H groups in total. The van der Waals surface area contributed by atoms with Crippen LogP contribution in [0.4, 0.5) is 22.0 Å². The highest BCUT2D eigenvalue weighted by molar-refractivity contribution is 5.44. The zero-order chi connectivity index (χ0) is 32.0. The number of hydrogen-bond acceptors (Lipinski definition) is 5. The van der Waals surface area contributed by atoms with Crippen molar-refractivity contribution in [1.29, 1.82) is 0 Å². The molecule has 7 nitrogen and oxygen atoms in total. The number of nitrogens with zero attached hydrogens (tertiary/aromatic N) is 3. The second-order valence-electron chi connectivity index (χ2n) is 14.8. The summed E-state index contributed by atoms with van der Waals surface area (Å²) in [4.78, 5) is 2.78. The van der Waals surface area contributed by atoms with Gasteiger partial charge in [-0.05, 0) is 72.6 Å². The summed E-state index contributed by atoms with van der Waals surface area (Å²) in [6.07, 6.45) is -4.83. The molecule has 3 saturated carbocycles. The largest absolute Gasteiger partial charge is 0.456 e. The highest BCUT2D eigenvalue weighted by Gasteiger charge is 2.79. The predicted molar refractivity (Wildman–Crippen MR) is 150 cm³/mol. The lowest BCUT2D eigenvalue weighted by molar-refractivity contribution is -0.362. The van der Waals surface area contributed by atoms with Crippen LogP contribution in [-0.2, 0) is 16.0 Å². The topological polar surface area (TPSA) is 108 Å². The molecule has 5 aliphatic rings. The van der Waals surface area contributed by atoms with Gasteiger partial charge in [0.25, 0.3) is 0 Å². The molecule has 44 heavy (non-hydrogen) atoms. The normalized spacial score (nSPS) is 38.0. The first-order valence-electron chi connectivity index (χ1n) is 15.4. The zero-order valence-corrected chi connectivity index (χ0v) is 25.3.